The number of methoxy groups -OCH3 is 1. The fourth-order valence-electron chi connectivity index (χ4n) is 5.22. The molecule has 1 N–H and O–H groups in total. The number of likely N-dealkylation sites (tertiary alicyclic amines) is 1. The largest absolute Gasteiger partial charge is 0.383 e. The quantitative estimate of drug-likeness (QED) is 0.565. The lowest BCUT2D eigenvalue weighted by atomic mass is 9.73. The van der Waals surface area contributed by atoms with Gasteiger partial charge in [0.2, 0.25) is 5.91 Å². The van der Waals surface area contributed by atoms with Crippen LogP contribution in [0.2, 0.25) is 5.02 Å². The second kappa shape index (κ2) is 10.8. The van der Waals surface area contributed by atoms with E-state index in [4.69, 9.17) is 16.3 Å². The molecular weight excluding hydrogens is 466 g/mol. The molecule has 8 heteroatoms. The van der Waals surface area contributed by atoms with Gasteiger partial charge in [-0.25, -0.2) is 4.79 Å². The van der Waals surface area contributed by atoms with E-state index in [9.17, 15) is 14.4 Å². The third kappa shape index (κ3) is 5.21. The molecule has 0 radical (unpaired) electrons. The van der Waals surface area contributed by atoms with Crippen LogP contribution in [-0.2, 0) is 27.2 Å². The van der Waals surface area contributed by atoms with Gasteiger partial charge in [-0.1, -0.05) is 54.1 Å². The first-order valence-corrected chi connectivity index (χ1v) is 12.4. The predicted octanol–water partition coefficient (Wildman–Crippen LogP) is 3.61. The molecule has 4 amide bonds. The van der Waals surface area contributed by atoms with Crippen LogP contribution < -0.4 is 5.32 Å². The first-order chi connectivity index (χ1) is 16.9. The molecule has 7 nitrogen and oxygen atoms in total. The molecule has 2 saturated heterocycles. The number of aryl methyl sites for hydroxylation is 1. The van der Waals surface area contributed by atoms with Crippen LogP contribution in [0, 0.1) is 12.8 Å². The van der Waals surface area contributed by atoms with E-state index in [2.05, 4.69) is 5.32 Å². The first-order valence-electron chi connectivity index (χ1n) is 12.0. The number of halogens is 1. The molecule has 1 atom stereocenters. The van der Waals surface area contributed by atoms with E-state index in [1.807, 2.05) is 54.3 Å². The zero-order chi connectivity index (χ0) is 25.0. The summed E-state index contributed by atoms with van der Waals surface area (Å²) in [5.41, 5.74) is 1.85. The SMILES string of the molecule is COCCN1C(=O)NC(Cc2ccccc2Cl)(C2CCN(C(=O)Cc3ccccc3C)CC2)C1=O. The number of urea groups is 1. The van der Waals surface area contributed by atoms with Gasteiger partial charge in [-0.3, -0.25) is 14.5 Å². The van der Waals surface area contributed by atoms with Crippen LogP contribution in [0.15, 0.2) is 48.5 Å². The van der Waals surface area contributed by atoms with Gasteiger partial charge < -0.3 is 15.0 Å². The van der Waals surface area contributed by atoms with Gasteiger partial charge in [-0.15, -0.1) is 0 Å². The van der Waals surface area contributed by atoms with Crippen LogP contribution in [0.25, 0.3) is 0 Å². The molecule has 1 unspecified atom stereocenters. The van der Waals surface area contributed by atoms with Crippen LogP contribution >= 0.6 is 11.6 Å². The number of carbonyl (C=O) groups is 3. The molecule has 186 valence electrons. The monoisotopic (exact) mass is 497 g/mol. The molecule has 2 fully saturated rings. The molecular formula is C27H32ClN3O4. The van der Waals surface area contributed by atoms with E-state index in [0.717, 1.165) is 16.7 Å². The van der Waals surface area contributed by atoms with Crippen molar-refractivity contribution in [3.8, 4) is 0 Å². The van der Waals surface area contributed by atoms with E-state index < -0.39 is 11.6 Å². The lowest BCUT2D eigenvalue weighted by Gasteiger charge is -2.41. The number of ether oxygens (including phenoxy) is 1. The average molecular weight is 498 g/mol. The molecule has 2 aliphatic heterocycles. The van der Waals surface area contributed by atoms with Crippen molar-refractivity contribution in [3.63, 3.8) is 0 Å². The highest BCUT2D eigenvalue weighted by molar-refractivity contribution is 6.31. The smallest absolute Gasteiger partial charge is 0.325 e. The summed E-state index contributed by atoms with van der Waals surface area (Å²) in [5.74, 6) is -0.282. The van der Waals surface area contributed by atoms with Gasteiger partial charge in [-0.05, 0) is 48.4 Å². The van der Waals surface area contributed by atoms with Crippen LogP contribution in [0.1, 0.15) is 29.5 Å². The van der Waals surface area contributed by atoms with Gasteiger partial charge in [0.15, 0.2) is 0 Å². The summed E-state index contributed by atoms with van der Waals surface area (Å²) in [5, 5.41) is 3.60. The summed E-state index contributed by atoms with van der Waals surface area (Å²) < 4.78 is 5.11. The maximum atomic E-state index is 13.7. The Balaban J connectivity index is 1.52. The number of nitrogens with zero attached hydrogens (tertiary/aromatic N) is 2. The number of imide groups is 1. The lowest BCUT2D eigenvalue weighted by molar-refractivity contribution is -0.136. The summed E-state index contributed by atoms with van der Waals surface area (Å²) in [6.07, 6.45) is 1.91. The highest BCUT2D eigenvalue weighted by Gasteiger charge is 2.56. The normalized spacial score (nSPS) is 20.9. The van der Waals surface area contributed by atoms with Crippen molar-refractivity contribution in [2.75, 3.05) is 33.4 Å². The lowest BCUT2D eigenvalue weighted by Crippen LogP contribution is -2.58. The number of nitrogens with one attached hydrogen (secondary N) is 1. The van der Waals surface area contributed by atoms with Crippen molar-refractivity contribution in [1.29, 1.82) is 0 Å². The fourth-order valence-corrected chi connectivity index (χ4v) is 5.42. The summed E-state index contributed by atoms with van der Waals surface area (Å²) in [6, 6.07) is 14.9. The second-order valence-electron chi connectivity index (χ2n) is 9.38. The molecule has 35 heavy (non-hydrogen) atoms. The number of piperidine rings is 1. The van der Waals surface area contributed by atoms with Crippen LogP contribution in [0.4, 0.5) is 4.79 Å². The molecule has 2 aliphatic rings. The minimum atomic E-state index is -1.10. The Morgan fingerprint density at radius 2 is 1.74 bits per heavy atom. The third-order valence-electron chi connectivity index (χ3n) is 7.30. The van der Waals surface area contributed by atoms with Gasteiger partial charge in [0.25, 0.3) is 5.91 Å². The maximum absolute atomic E-state index is 13.7. The Morgan fingerprint density at radius 1 is 1.09 bits per heavy atom. The van der Waals surface area contributed by atoms with Crippen LogP contribution in [-0.4, -0.2) is 66.5 Å². The van der Waals surface area contributed by atoms with Gasteiger partial charge in [0.1, 0.15) is 5.54 Å². The van der Waals surface area contributed by atoms with E-state index in [0.29, 0.717) is 43.8 Å². The molecule has 2 aromatic rings. The fraction of sp³-hybridized carbons (Fsp3) is 0.444. The van der Waals surface area contributed by atoms with E-state index in [-0.39, 0.29) is 30.9 Å². The Labute approximate surface area is 211 Å². The summed E-state index contributed by atoms with van der Waals surface area (Å²) in [6.45, 7) is 3.56. The minimum Gasteiger partial charge on any atom is -0.383 e. The van der Waals surface area contributed by atoms with Crippen molar-refractivity contribution in [3.05, 3.63) is 70.2 Å². The zero-order valence-corrected chi connectivity index (χ0v) is 21.0. The highest BCUT2D eigenvalue weighted by Crippen LogP contribution is 2.37. The van der Waals surface area contributed by atoms with Crippen molar-refractivity contribution >= 4 is 29.4 Å². The van der Waals surface area contributed by atoms with Crippen molar-refractivity contribution < 1.29 is 19.1 Å². The molecule has 4 rings (SSSR count). The minimum absolute atomic E-state index is 0.0846. The Bertz CT molecular complexity index is 1100. The molecule has 0 aliphatic carbocycles. The number of benzene rings is 2. The summed E-state index contributed by atoms with van der Waals surface area (Å²) in [4.78, 5) is 42.7. The van der Waals surface area contributed by atoms with E-state index >= 15 is 0 Å². The van der Waals surface area contributed by atoms with E-state index in [1.165, 1.54) is 4.90 Å². The first kappa shape index (κ1) is 25.2. The van der Waals surface area contributed by atoms with Crippen molar-refractivity contribution in [1.82, 2.24) is 15.1 Å². The second-order valence-corrected chi connectivity index (χ2v) is 9.78. The number of hydrogen-bond donors (Lipinski definition) is 1. The Morgan fingerprint density at radius 3 is 2.40 bits per heavy atom. The Kier molecular flexibility index (Phi) is 7.77. The molecule has 0 bridgehead atoms. The molecule has 0 spiro atoms. The number of amides is 4. The predicted molar refractivity (Wildman–Crippen MR) is 134 cm³/mol. The highest BCUT2D eigenvalue weighted by atomic mass is 35.5. The van der Waals surface area contributed by atoms with Crippen LogP contribution in [0.5, 0.6) is 0 Å². The van der Waals surface area contributed by atoms with Crippen LogP contribution in [0.3, 0.4) is 0 Å². The topological polar surface area (TPSA) is 79.0 Å². The van der Waals surface area contributed by atoms with E-state index in [1.54, 1.807) is 13.2 Å². The number of hydrogen-bond acceptors (Lipinski definition) is 4. The van der Waals surface area contributed by atoms with Gasteiger partial charge in [0.05, 0.1) is 19.6 Å². The number of carbonyl (C=O) groups excluding carboxylic acids is 3. The molecule has 2 aromatic carbocycles. The molecule has 0 aromatic heterocycles. The van der Waals surface area contributed by atoms with Crippen molar-refractivity contribution in [2.24, 2.45) is 5.92 Å². The zero-order valence-electron chi connectivity index (χ0n) is 20.3. The van der Waals surface area contributed by atoms with Gasteiger partial charge in [0, 0.05) is 31.6 Å². The Hall–Kier alpha value is -2.90. The van der Waals surface area contributed by atoms with Gasteiger partial charge >= 0.3 is 6.03 Å². The maximum Gasteiger partial charge on any atom is 0.325 e. The van der Waals surface area contributed by atoms with Crippen molar-refractivity contribution in [2.45, 2.75) is 38.1 Å². The standard InChI is InChI=1S/C27H32ClN3O4/c1-19-7-3-4-8-20(19)17-24(32)30-13-11-22(12-14-30)27(18-21-9-5-6-10-23(21)28)25(33)31(15-16-35-2)26(34)29-27/h3-10,22H,11-18H2,1-2H3,(H,29,34). The molecule has 0 saturated carbocycles. The summed E-state index contributed by atoms with van der Waals surface area (Å²) in [7, 11) is 1.54. The molecule has 2 heterocycles. The summed E-state index contributed by atoms with van der Waals surface area (Å²) >= 11 is 6.45. The third-order valence-corrected chi connectivity index (χ3v) is 7.66. The average Bonchev–Trinajstić information content (AvgIpc) is 3.10. The van der Waals surface area contributed by atoms with Gasteiger partial charge in [-0.2, -0.15) is 0 Å². The number of rotatable bonds is 8.